The Morgan fingerprint density at radius 2 is 1.89 bits per heavy atom. The lowest BCUT2D eigenvalue weighted by Crippen LogP contribution is -2.44. The zero-order valence-electron chi connectivity index (χ0n) is 15.3. The average Bonchev–Trinajstić information content (AvgIpc) is 2.67. The molecule has 2 amide bonds. The second-order valence-electron chi connectivity index (χ2n) is 6.39. The van der Waals surface area contributed by atoms with Crippen LogP contribution in [0.2, 0.25) is 0 Å². The van der Waals surface area contributed by atoms with Crippen LogP contribution in [-0.4, -0.2) is 17.1 Å². The predicted octanol–water partition coefficient (Wildman–Crippen LogP) is 3.83. The lowest BCUT2D eigenvalue weighted by atomic mass is 10.2. The van der Waals surface area contributed by atoms with Crippen molar-refractivity contribution in [2.45, 2.75) is 26.4 Å². The van der Waals surface area contributed by atoms with E-state index in [9.17, 15) is 9.59 Å². The maximum atomic E-state index is 12.7. The van der Waals surface area contributed by atoms with Crippen LogP contribution in [-0.2, 0) is 6.54 Å². The number of urea groups is 1. The lowest BCUT2D eigenvalue weighted by Gasteiger charge is -2.23. The summed E-state index contributed by atoms with van der Waals surface area (Å²) >= 11 is 0. The highest BCUT2D eigenvalue weighted by atomic mass is 16.4. The highest BCUT2D eigenvalue weighted by molar-refractivity contribution is 5.91. The number of hydrogen-bond donors (Lipinski definition) is 1. The molecule has 0 bridgehead atoms. The van der Waals surface area contributed by atoms with Crippen molar-refractivity contribution in [3.63, 3.8) is 0 Å². The van der Waals surface area contributed by atoms with Crippen molar-refractivity contribution >= 4 is 11.7 Å². The van der Waals surface area contributed by atoms with Crippen molar-refractivity contribution < 1.29 is 9.21 Å². The number of carbonyl (C=O) groups is 1. The molecule has 0 fully saturated rings. The summed E-state index contributed by atoms with van der Waals surface area (Å²) in [5.74, 6) is 0.403. The number of carbonyl (C=O) groups excluding carboxylic acids is 1. The molecule has 0 aliphatic carbocycles. The maximum Gasteiger partial charge on any atom is 0.360 e. The lowest BCUT2D eigenvalue weighted by molar-refractivity contribution is 0.243. The molecule has 0 atom stereocenters. The van der Waals surface area contributed by atoms with Gasteiger partial charge >= 0.3 is 11.7 Å². The van der Waals surface area contributed by atoms with Crippen molar-refractivity contribution in [1.82, 2.24) is 10.3 Å². The van der Waals surface area contributed by atoms with Crippen LogP contribution >= 0.6 is 0 Å². The van der Waals surface area contributed by atoms with Gasteiger partial charge in [-0.05, 0) is 43.7 Å². The van der Waals surface area contributed by atoms with E-state index >= 15 is 0 Å². The van der Waals surface area contributed by atoms with Crippen LogP contribution in [0.3, 0.4) is 0 Å². The van der Waals surface area contributed by atoms with Crippen molar-refractivity contribution in [1.29, 1.82) is 0 Å². The molecule has 6 nitrogen and oxygen atoms in total. The van der Waals surface area contributed by atoms with E-state index in [1.54, 1.807) is 36.7 Å². The Labute approximate surface area is 157 Å². The molecule has 138 valence electrons. The topological polar surface area (TPSA) is 75.4 Å². The van der Waals surface area contributed by atoms with Crippen LogP contribution < -0.4 is 15.8 Å². The standard InChI is InChI=1S/C21H21N3O3/c1-15(2)23-21(26)24(14-16-7-4-3-5-8-16)18-10-11-19(27-20(18)25)17-9-6-12-22-13-17/h3-13,15H,14H2,1-2H3,(H,23,26). The highest BCUT2D eigenvalue weighted by Crippen LogP contribution is 2.20. The Hall–Kier alpha value is -3.41. The number of aromatic nitrogens is 1. The Kier molecular flexibility index (Phi) is 5.66. The largest absolute Gasteiger partial charge is 0.421 e. The van der Waals surface area contributed by atoms with Gasteiger partial charge in [0.1, 0.15) is 11.4 Å². The summed E-state index contributed by atoms with van der Waals surface area (Å²) in [6.45, 7) is 4.00. The van der Waals surface area contributed by atoms with Crippen LogP contribution in [0.15, 0.2) is 76.2 Å². The third kappa shape index (κ3) is 4.61. The number of anilines is 1. The fraction of sp³-hybridized carbons (Fsp3) is 0.190. The van der Waals surface area contributed by atoms with Crippen molar-refractivity contribution in [2.24, 2.45) is 0 Å². The van der Waals surface area contributed by atoms with Crippen LogP contribution in [0.25, 0.3) is 11.3 Å². The third-order valence-corrected chi connectivity index (χ3v) is 3.88. The van der Waals surface area contributed by atoms with Gasteiger partial charge in [0.05, 0.1) is 6.54 Å². The minimum atomic E-state index is -0.578. The Morgan fingerprint density at radius 3 is 2.52 bits per heavy atom. The van der Waals surface area contributed by atoms with Gasteiger partial charge in [0.15, 0.2) is 0 Å². The van der Waals surface area contributed by atoms with Gasteiger partial charge in [-0.2, -0.15) is 0 Å². The summed E-state index contributed by atoms with van der Waals surface area (Å²) in [6.07, 6.45) is 3.26. The molecule has 0 unspecified atom stereocenters. The van der Waals surface area contributed by atoms with E-state index in [-0.39, 0.29) is 24.3 Å². The Morgan fingerprint density at radius 1 is 1.11 bits per heavy atom. The molecular weight excluding hydrogens is 342 g/mol. The van der Waals surface area contributed by atoms with Crippen molar-refractivity contribution in [3.8, 4) is 11.3 Å². The Balaban J connectivity index is 1.96. The van der Waals surface area contributed by atoms with Crippen LogP contribution in [0.1, 0.15) is 19.4 Å². The molecule has 2 aromatic heterocycles. The smallest absolute Gasteiger partial charge is 0.360 e. The maximum absolute atomic E-state index is 12.7. The highest BCUT2D eigenvalue weighted by Gasteiger charge is 2.21. The third-order valence-electron chi connectivity index (χ3n) is 3.88. The first kappa shape index (κ1) is 18.4. The molecule has 3 aromatic rings. The van der Waals surface area contributed by atoms with Gasteiger partial charge in [-0.15, -0.1) is 0 Å². The van der Waals surface area contributed by atoms with Gasteiger partial charge in [0.2, 0.25) is 0 Å². The minimum absolute atomic E-state index is 0.0579. The van der Waals surface area contributed by atoms with E-state index < -0.39 is 5.63 Å². The van der Waals surface area contributed by atoms with Crippen LogP contribution in [0, 0.1) is 0 Å². The summed E-state index contributed by atoms with van der Waals surface area (Å²) in [5.41, 5.74) is 1.21. The molecule has 0 aliphatic heterocycles. The first-order valence-corrected chi connectivity index (χ1v) is 8.71. The summed E-state index contributed by atoms with van der Waals surface area (Å²) < 4.78 is 5.45. The molecule has 2 heterocycles. The van der Waals surface area contributed by atoms with Gasteiger partial charge in [-0.3, -0.25) is 9.88 Å². The molecular formula is C21H21N3O3. The van der Waals surface area contributed by atoms with Gasteiger partial charge in [-0.25, -0.2) is 9.59 Å². The van der Waals surface area contributed by atoms with E-state index in [2.05, 4.69) is 10.3 Å². The summed E-state index contributed by atoms with van der Waals surface area (Å²) in [5, 5.41) is 2.83. The number of amides is 2. The second-order valence-corrected chi connectivity index (χ2v) is 6.39. The zero-order valence-corrected chi connectivity index (χ0v) is 15.3. The van der Waals surface area contributed by atoms with Gasteiger partial charge in [0, 0.05) is 24.0 Å². The number of pyridine rings is 1. The van der Waals surface area contributed by atoms with Crippen molar-refractivity contribution in [3.05, 3.63) is 83.0 Å². The van der Waals surface area contributed by atoms with E-state index in [0.29, 0.717) is 11.3 Å². The summed E-state index contributed by atoms with van der Waals surface area (Å²) in [6, 6.07) is 15.9. The fourth-order valence-electron chi connectivity index (χ4n) is 2.63. The number of hydrogen-bond acceptors (Lipinski definition) is 4. The van der Waals surface area contributed by atoms with E-state index in [1.165, 1.54) is 4.90 Å². The normalized spacial score (nSPS) is 10.6. The molecule has 0 saturated heterocycles. The molecule has 0 aliphatic rings. The first-order valence-electron chi connectivity index (χ1n) is 8.71. The molecule has 1 aromatic carbocycles. The van der Waals surface area contributed by atoms with Gasteiger partial charge in [-0.1, -0.05) is 30.3 Å². The average molecular weight is 363 g/mol. The van der Waals surface area contributed by atoms with Gasteiger partial charge in [0.25, 0.3) is 0 Å². The molecule has 0 saturated carbocycles. The SMILES string of the molecule is CC(C)NC(=O)N(Cc1ccccc1)c1ccc(-c2cccnc2)oc1=O. The fourth-order valence-corrected chi connectivity index (χ4v) is 2.63. The summed E-state index contributed by atoms with van der Waals surface area (Å²) in [4.78, 5) is 30.7. The Bertz CT molecular complexity index is 953. The second kappa shape index (κ2) is 8.31. The monoisotopic (exact) mass is 363 g/mol. The molecule has 1 N–H and O–H groups in total. The van der Waals surface area contributed by atoms with Crippen LogP contribution in [0.5, 0.6) is 0 Å². The molecule has 6 heteroatoms. The van der Waals surface area contributed by atoms with Crippen molar-refractivity contribution in [2.75, 3.05) is 4.90 Å². The molecule has 3 rings (SSSR count). The van der Waals surface area contributed by atoms with E-state index in [0.717, 1.165) is 5.56 Å². The number of nitrogens with one attached hydrogen (secondary N) is 1. The first-order chi connectivity index (χ1) is 13.0. The van der Waals surface area contributed by atoms with Crippen LogP contribution in [0.4, 0.5) is 10.5 Å². The van der Waals surface area contributed by atoms with Gasteiger partial charge < -0.3 is 9.73 Å². The number of nitrogens with zero attached hydrogens (tertiary/aromatic N) is 2. The minimum Gasteiger partial charge on any atom is -0.421 e. The molecule has 0 radical (unpaired) electrons. The zero-order chi connectivity index (χ0) is 19.2. The quantitative estimate of drug-likeness (QED) is 0.748. The van der Waals surface area contributed by atoms with E-state index in [4.69, 9.17) is 4.42 Å². The molecule has 27 heavy (non-hydrogen) atoms. The van der Waals surface area contributed by atoms with E-state index in [1.807, 2.05) is 44.2 Å². The predicted molar refractivity (Wildman–Crippen MR) is 105 cm³/mol. The molecule has 0 spiro atoms. The number of rotatable bonds is 5. The number of benzene rings is 1. The summed E-state index contributed by atoms with van der Waals surface area (Å²) in [7, 11) is 0.